The van der Waals surface area contributed by atoms with Crippen LogP contribution >= 0.6 is 0 Å². The first kappa shape index (κ1) is 22.7. The predicted molar refractivity (Wildman–Crippen MR) is 119 cm³/mol. The molecule has 32 heavy (non-hydrogen) atoms. The monoisotopic (exact) mass is 435 g/mol. The molecule has 3 aromatic rings. The summed E-state index contributed by atoms with van der Waals surface area (Å²) in [5.41, 5.74) is 4.87. The highest BCUT2D eigenvalue weighted by molar-refractivity contribution is 6.03. The summed E-state index contributed by atoms with van der Waals surface area (Å²) in [7, 11) is 1.27. The van der Waals surface area contributed by atoms with Crippen LogP contribution in [0.2, 0.25) is 0 Å². The van der Waals surface area contributed by atoms with Crippen molar-refractivity contribution in [3.8, 4) is 5.69 Å². The van der Waals surface area contributed by atoms with Gasteiger partial charge in [0.2, 0.25) is 5.78 Å². The average molecular weight is 435 g/mol. The number of carbonyl (C=O) groups is 3. The summed E-state index contributed by atoms with van der Waals surface area (Å²) in [5.74, 6) is -1.62. The van der Waals surface area contributed by atoms with Gasteiger partial charge in [-0.2, -0.15) is 5.10 Å². The predicted octanol–water partition coefficient (Wildman–Crippen LogP) is 3.66. The van der Waals surface area contributed by atoms with E-state index in [1.807, 2.05) is 44.2 Å². The normalized spacial score (nSPS) is 11.0. The van der Waals surface area contributed by atoms with E-state index in [0.717, 1.165) is 22.6 Å². The molecule has 0 amide bonds. The van der Waals surface area contributed by atoms with Gasteiger partial charge in [0.15, 0.2) is 6.61 Å². The minimum atomic E-state index is -0.654. The van der Waals surface area contributed by atoms with Crippen LogP contribution in [0.1, 0.15) is 49.1 Å². The maximum Gasteiger partial charge on any atom is 0.339 e. The number of aromatic amines is 1. The second-order valence-corrected chi connectivity index (χ2v) is 7.31. The van der Waals surface area contributed by atoms with Crippen molar-refractivity contribution in [1.29, 1.82) is 0 Å². The summed E-state index contributed by atoms with van der Waals surface area (Å²) in [6.45, 7) is 6.63. The van der Waals surface area contributed by atoms with Gasteiger partial charge in [-0.1, -0.05) is 18.2 Å². The van der Waals surface area contributed by atoms with E-state index in [1.54, 1.807) is 24.6 Å². The van der Waals surface area contributed by atoms with E-state index >= 15 is 0 Å². The number of hydrogen-bond donors (Lipinski definition) is 1. The van der Waals surface area contributed by atoms with Gasteiger partial charge in [0.1, 0.15) is 0 Å². The Labute approximate surface area is 185 Å². The fraction of sp³-hybridized carbons (Fsp3) is 0.250. The van der Waals surface area contributed by atoms with Crippen molar-refractivity contribution in [2.75, 3.05) is 13.7 Å². The maximum absolute atomic E-state index is 12.5. The zero-order valence-corrected chi connectivity index (χ0v) is 18.7. The van der Waals surface area contributed by atoms with Gasteiger partial charge < -0.3 is 14.5 Å². The molecule has 166 valence electrons. The number of rotatable bonds is 7. The number of ether oxygens (including phenoxy) is 2. The first-order valence-electron chi connectivity index (χ1n) is 10.0. The molecule has 1 aromatic carbocycles. The van der Waals surface area contributed by atoms with E-state index in [1.165, 1.54) is 13.2 Å². The number of H-pyrrole nitrogens is 1. The summed E-state index contributed by atoms with van der Waals surface area (Å²) < 4.78 is 11.6. The minimum Gasteiger partial charge on any atom is -0.465 e. The smallest absolute Gasteiger partial charge is 0.339 e. The molecule has 0 unspecified atom stereocenters. The Morgan fingerprint density at radius 3 is 2.44 bits per heavy atom. The lowest BCUT2D eigenvalue weighted by Gasteiger charge is -2.04. The lowest BCUT2D eigenvalue weighted by molar-refractivity contribution is -0.136. The quantitative estimate of drug-likeness (QED) is 0.345. The van der Waals surface area contributed by atoms with E-state index < -0.39 is 24.3 Å². The number of esters is 2. The minimum absolute atomic E-state index is 0.218. The molecule has 2 heterocycles. The lowest BCUT2D eigenvalue weighted by Crippen LogP contribution is -2.14. The fourth-order valence-electron chi connectivity index (χ4n) is 3.56. The first-order valence-corrected chi connectivity index (χ1v) is 10.0. The molecule has 0 saturated heterocycles. The van der Waals surface area contributed by atoms with Crippen LogP contribution in [0.3, 0.4) is 0 Å². The molecule has 2 aromatic heterocycles. The van der Waals surface area contributed by atoms with E-state index in [-0.39, 0.29) is 5.69 Å². The van der Waals surface area contributed by atoms with Crippen molar-refractivity contribution in [2.45, 2.75) is 27.7 Å². The molecule has 8 heteroatoms. The third-order valence-electron chi connectivity index (χ3n) is 5.19. The number of methoxy groups -OCH3 is 1. The Morgan fingerprint density at radius 1 is 1.09 bits per heavy atom. The lowest BCUT2D eigenvalue weighted by atomic mass is 10.1. The third-order valence-corrected chi connectivity index (χ3v) is 5.19. The van der Waals surface area contributed by atoms with Gasteiger partial charge in [-0.3, -0.25) is 4.79 Å². The maximum atomic E-state index is 12.5. The van der Waals surface area contributed by atoms with E-state index in [4.69, 9.17) is 9.47 Å². The molecular formula is C24H25N3O5. The SMILES string of the molecule is COC(=O)c1c(C)[nH]c(C(=O)COC(=O)/C=C/c2c(C)nn(-c3ccccc3)c2C)c1C. The van der Waals surface area contributed by atoms with Crippen molar-refractivity contribution in [1.82, 2.24) is 14.8 Å². The number of nitrogens with one attached hydrogen (secondary N) is 1. The number of aromatic nitrogens is 3. The average Bonchev–Trinajstić information content (AvgIpc) is 3.25. The highest BCUT2D eigenvalue weighted by Crippen LogP contribution is 2.20. The van der Waals surface area contributed by atoms with Crippen molar-refractivity contribution < 1.29 is 23.9 Å². The zero-order valence-electron chi connectivity index (χ0n) is 18.7. The number of para-hydroxylation sites is 1. The zero-order chi connectivity index (χ0) is 23.4. The summed E-state index contributed by atoms with van der Waals surface area (Å²) in [6, 6.07) is 9.68. The second-order valence-electron chi connectivity index (χ2n) is 7.31. The van der Waals surface area contributed by atoms with Gasteiger partial charge >= 0.3 is 11.9 Å². The number of benzene rings is 1. The van der Waals surface area contributed by atoms with Crippen LogP contribution in [0.25, 0.3) is 11.8 Å². The van der Waals surface area contributed by atoms with Gasteiger partial charge in [-0.15, -0.1) is 0 Å². The third kappa shape index (κ3) is 4.54. The number of carbonyl (C=O) groups excluding carboxylic acids is 3. The molecule has 0 aliphatic heterocycles. The van der Waals surface area contributed by atoms with E-state index in [9.17, 15) is 14.4 Å². The number of nitrogens with zero attached hydrogens (tertiary/aromatic N) is 2. The standard InChI is InChI=1S/C24H25N3O5/c1-14-22(24(30)31-5)16(3)25-23(14)20(28)13-32-21(29)12-11-19-15(2)26-27(17(19)4)18-9-7-6-8-10-18/h6-12,25H,13H2,1-5H3/b12-11+. The Morgan fingerprint density at radius 2 is 1.78 bits per heavy atom. The van der Waals surface area contributed by atoms with Crippen LogP contribution in [0, 0.1) is 27.7 Å². The molecule has 0 fully saturated rings. The van der Waals surface area contributed by atoms with Crippen LogP contribution in [0.5, 0.6) is 0 Å². The molecule has 3 rings (SSSR count). The van der Waals surface area contributed by atoms with Gasteiger partial charge in [-0.25, -0.2) is 14.3 Å². The van der Waals surface area contributed by atoms with E-state index in [0.29, 0.717) is 16.8 Å². The van der Waals surface area contributed by atoms with Crippen LogP contribution in [-0.4, -0.2) is 46.2 Å². The Balaban J connectivity index is 1.68. The molecule has 0 radical (unpaired) electrons. The summed E-state index contributed by atoms with van der Waals surface area (Å²) in [6.07, 6.45) is 2.90. The van der Waals surface area contributed by atoms with Crippen molar-refractivity contribution >= 4 is 23.8 Å². The fourth-order valence-corrected chi connectivity index (χ4v) is 3.56. The van der Waals surface area contributed by atoms with Gasteiger partial charge in [0, 0.05) is 23.0 Å². The number of aryl methyl sites for hydroxylation is 2. The molecule has 8 nitrogen and oxygen atoms in total. The topological polar surface area (TPSA) is 103 Å². The molecule has 0 bridgehead atoms. The molecule has 0 atom stereocenters. The Hall–Kier alpha value is -3.94. The van der Waals surface area contributed by atoms with Gasteiger partial charge in [0.05, 0.1) is 29.7 Å². The molecule has 0 saturated carbocycles. The molecule has 1 N–H and O–H groups in total. The Kier molecular flexibility index (Phi) is 6.73. The second kappa shape index (κ2) is 9.47. The summed E-state index contributed by atoms with van der Waals surface area (Å²) in [5, 5.41) is 4.53. The Bertz CT molecular complexity index is 1200. The molecule has 0 spiro atoms. The molecule has 0 aliphatic carbocycles. The van der Waals surface area contributed by atoms with E-state index in [2.05, 4.69) is 10.1 Å². The van der Waals surface area contributed by atoms with Crippen molar-refractivity contribution in [3.63, 3.8) is 0 Å². The molecule has 0 aliphatic rings. The number of Topliss-reactive ketones (excluding diaryl/α,β-unsaturated/α-hetero) is 1. The summed E-state index contributed by atoms with van der Waals surface area (Å²) in [4.78, 5) is 39.4. The van der Waals surface area contributed by atoms with Crippen molar-refractivity contribution in [3.05, 3.63) is 75.9 Å². The highest BCUT2D eigenvalue weighted by Gasteiger charge is 2.23. The largest absolute Gasteiger partial charge is 0.465 e. The summed E-state index contributed by atoms with van der Waals surface area (Å²) >= 11 is 0. The first-order chi connectivity index (χ1) is 15.2. The number of ketones is 1. The van der Waals surface area contributed by atoms with Crippen LogP contribution in [0.15, 0.2) is 36.4 Å². The van der Waals surface area contributed by atoms with Gasteiger partial charge in [0.25, 0.3) is 0 Å². The number of hydrogen-bond acceptors (Lipinski definition) is 6. The van der Waals surface area contributed by atoms with Crippen LogP contribution < -0.4 is 0 Å². The van der Waals surface area contributed by atoms with Crippen molar-refractivity contribution in [2.24, 2.45) is 0 Å². The highest BCUT2D eigenvalue weighted by atomic mass is 16.5. The van der Waals surface area contributed by atoms with Gasteiger partial charge in [-0.05, 0) is 51.5 Å². The van der Waals surface area contributed by atoms with Crippen LogP contribution in [0.4, 0.5) is 0 Å². The van der Waals surface area contributed by atoms with Crippen LogP contribution in [-0.2, 0) is 14.3 Å². The molecular weight excluding hydrogens is 410 g/mol.